The Morgan fingerprint density at radius 1 is 1.08 bits per heavy atom. The maximum absolute atomic E-state index is 13.3. The summed E-state index contributed by atoms with van der Waals surface area (Å²) in [5, 5.41) is 2.62. The van der Waals surface area contributed by atoms with E-state index >= 15 is 0 Å². The van der Waals surface area contributed by atoms with Crippen molar-refractivity contribution in [1.29, 1.82) is 0 Å². The Balaban J connectivity index is 2.12. The second-order valence-corrected chi connectivity index (χ2v) is 6.39. The van der Waals surface area contributed by atoms with Gasteiger partial charge in [0.1, 0.15) is 11.2 Å². The van der Waals surface area contributed by atoms with Gasteiger partial charge in [-0.2, -0.15) is 0 Å². The number of halogens is 1. The predicted molar refractivity (Wildman–Crippen MR) is 96.3 cm³/mol. The summed E-state index contributed by atoms with van der Waals surface area (Å²) in [5.74, 6) is -1.18. The third-order valence-electron chi connectivity index (χ3n) is 4.07. The van der Waals surface area contributed by atoms with Crippen LogP contribution in [-0.4, -0.2) is 23.3 Å². The van der Waals surface area contributed by atoms with Crippen molar-refractivity contribution < 1.29 is 14.0 Å². The van der Waals surface area contributed by atoms with Crippen LogP contribution in [0, 0.1) is 11.2 Å². The van der Waals surface area contributed by atoms with Gasteiger partial charge in [0.05, 0.1) is 0 Å². The first kappa shape index (κ1) is 18.6. The highest BCUT2D eigenvalue weighted by molar-refractivity contribution is 6.09. The van der Waals surface area contributed by atoms with Crippen molar-refractivity contribution in [3.05, 3.63) is 66.0 Å². The van der Waals surface area contributed by atoms with Crippen LogP contribution < -0.4 is 5.32 Å². The number of carbonyl (C=O) groups excluding carboxylic acids is 2. The molecule has 5 heteroatoms. The summed E-state index contributed by atoms with van der Waals surface area (Å²) in [6.45, 7) is 5.97. The molecule has 4 nitrogen and oxygen atoms in total. The number of anilines is 1. The van der Waals surface area contributed by atoms with Gasteiger partial charge in [0.2, 0.25) is 11.8 Å². The predicted octanol–water partition coefficient (Wildman–Crippen LogP) is 3.84. The SMILES string of the molecule is CCN(Cc1ccccc1)C(=O)C(C)(C)C(=O)Nc1cccc(F)c1. The maximum Gasteiger partial charge on any atom is 0.239 e. The van der Waals surface area contributed by atoms with E-state index in [0.717, 1.165) is 5.56 Å². The average Bonchev–Trinajstić information content (AvgIpc) is 2.60. The van der Waals surface area contributed by atoms with E-state index in [4.69, 9.17) is 0 Å². The normalized spacial score (nSPS) is 11.0. The first-order chi connectivity index (χ1) is 11.8. The Morgan fingerprint density at radius 3 is 2.36 bits per heavy atom. The average molecular weight is 342 g/mol. The van der Waals surface area contributed by atoms with Crippen molar-refractivity contribution in [2.75, 3.05) is 11.9 Å². The van der Waals surface area contributed by atoms with Gasteiger partial charge in [-0.3, -0.25) is 9.59 Å². The molecule has 0 bridgehead atoms. The molecular weight excluding hydrogens is 319 g/mol. The fourth-order valence-corrected chi connectivity index (χ4v) is 2.48. The Hall–Kier alpha value is -2.69. The van der Waals surface area contributed by atoms with Crippen LogP contribution in [-0.2, 0) is 16.1 Å². The second kappa shape index (κ2) is 7.92. The molecule has 0 aliphatic carbocycles. The molecule has 0 aromatic heterocycles. The van der Waals surface area contributed by atoms with Gasteiger partial charge < -0.3 is 10.2 Å². The third-order valence-corrected chi connectivity index (χ3v) is 4.07. The fourth-order valence-electron chi connectivity index (χ4n) is 2.48. The highest BCUT2D eigenvalue weighted by atomic mass is 19.1. The lowest BCUT2D eigenvalue weighted by molar-refractivity contribution is -0.146. The number of hydrogen-bond acceptors (Lipinski definition) is 2. The molecule has 0 atom stereocenters. The molecule has 0 saturated carbocycles. The molecule has 0 fully saturated rings. The zero-order valence-electron chi connectivity index (χ0n) is 14.8. The van der Waals surface area contributed by atoms with Gasteiger partial charge >= 0.3 is 0 Å². The zero-order valence-corrected chi connectivity index (χ0v) is 14.8. The highest BCUT2D eigenvalue weighted by Crippen LogP contribution is 2.23. The van der Waals surface area contributed by atoms with Gasteiger partial charge in [0.25, 0.3) is 0 Å². The molecule has 0 heterocycles. The molecule has 2 rings (SSSR count). The summed E-state index contributed by atoms with van der Waals surface area (Å²) in [6, 6.07) is 15.2. The van der Waals surface area contributed by atoms with Crippen molar-refractivity contribution >= 4 is 17.5 Å². The summed E-state index contributed by atoms with van der Waals surface area (Å²) >= 11 is 0. The minimum absolute atomic E-state index is 0.271. The molecule has 2 aromatic rings. The van der Waals surface area contributed by atoms with E-state index in [1.54, 1.807) is 24.8 Å². The van der Waals surface area contributed by atoms with Gasteiger partial charge in [-0.25, -0.2) is 4.39 Å². The van der Waals surface area contributed by atoms with Gasteiger partial charge in [-0.1, -0.05) is 36.4 Å². The van der Waals surface area contributed by atoms with Crippen molar-refractivity contribution in [2.45, 2.75) is 27.3 Å². The lowest BCUT2D eigenvalue weighted by Gasteiger charge is -2.30. The van der Waals surface area contributed by atoms with Gasteiger partial charge in [-0.05, 0) is 44.5 Å². The molecule has 0 radical (unpaired) electrons. The van der Waals surface area contributed by atoms with Crippen LogP contribution >= 0.6 is 0 Å². The summed E-state index contributed by atoms with van der Waals surface area (Å²) in [5.41, 5.74) is 0.0629. The molecule has 0 aliphatic rings. The third kappa shape index (κ3) is 4.66. The zero-order chi connectivity index (χ0) is 18.4. The molecular formula is C20H23FN2O2. The van der Waals surface area contributed by atoms with Crippen molar-refractivity contribution in [1.82, 2.24) is 4.90 Å². The molecule has 1 N–H and O–H groups in total. The largest absolute Gasteiger partial charge is 0.338 e. The van der Waals surface area contributed by atoms with Crippen molar-refractivity contribution in [3.8, 4) is 0 Å². The number of rotatable bonds is 6. The van der Waals surface area contributed by atoms with Gasteiger partial charge in [-0.15, -0.1) is 0 Å². The van der Waals surface area contributed by atoms with Gasteiger partial charge in [0.15, 0.2) is 0 Å². The quantitative estimate of drug-likeness (QED) is 0.811. The Labute approximate surface area is 147 Å². The Bertz CT molecular complexity index is 744. The summed E-state index contributed by atoms with van der Waals surface area (Å²) in [4.78, 5) is 27.1. The van der Waals surface area contributed by atoms with E-state index in [9.17, 15) is 14.0 Å². The number of hydrogen-bond donors (Lipinski definition) is 1. The minimum atomic E-state index is -1.27. The van der Waals surface area contributed by atoms with E-state index in [0.29, 0.717) is 18.8 Å². The van der Waals surface area contributed by atoms with Crippen LogP contribution in [0.25, 0.3) is 0 Å². The maximum atomic E-state index is 13.3. The lowest BCUT2D eigenvalue weighted by Crippen LogP contribution is -2.47. The molecule has 2 aromatic carbocycles. The van der Waals surface area contributed by atoms with E-state index in [-0.39, 0.29) is 5.91 Å². The lowest BCUT2D eigenvalue weighted by atomic mass is 9.90. The number of amides is 2. The molecule has 0 spiro atoms. The fraction of sp³-hybridized carbons (Fsp3) is 0.300. The van der Waals surface area contributed by atoms with E-state index in [1.165, 1.54) is 18.2 Å². The van der Waals surface area contributed by atoms with E-state index in [1.807, 2.05) is 37.3 Å². The summed E-state index contributed by atoms with van der Waals surface area (Å²) < 4.78 is 13.3. The van der Waals surface area contributed by atoms with Crippen LogP contribution in [0.5, 0.6) is 0 Å². The summed E-state index contributed by atoms with van der Waals surface area (Å²) in [7, 11) is 0. The standard InChI is InChI=1S/C20H23FN2O2/c1-4-23(14-15-9-6-5-7-10-15)19(25)20(2,3)18(24)22-17-12-8-11-16(21)13-17/h5-13H,4,14H2,1-3H3,(H,22,24). The second-order valence-electron chi connectivity index (χ2n) is 6.39. The number of carbonyl (C=O) groups is 2. The van der Waals surface area contributed by atoms with Crippen LogP contribution in [0.15, 0.2) is 54.6 Å². The molecule has 0 unspecified atom stereocenters. The molecule has 132 valence electrons. The molecule has 25 heavy (non-hydrogen) atoms. The van der Waals surface area contributed by atoms with Gasteiger partial charge in [0, 0.05) is 18.8 Å². The molecule has 2 amide bonds. The van der Waals surface area contributed by atoms with Crippen LogP contribution in [0.3, 0.4) is 0 Å². The van der Waals surface area contributed by atoms with Crippen LogP contribution in [0.2, 0.25) is 0 Å². The summed E-state index contributed by atoms with van der Waals surface area (Å²) in [6.07, 6.45) is 0. The Morgan fingerprint density at radius 2 is 1.76 bits per heavy atom. The first-order valence-electron chi connectivity index (χ1n) is 8.25. The van der Waals surface area contributed by atoms with Crippen molar-refractivity contribution in [3.63, 3.8) is 0 Å². The molecule has 0 aliphatic heterocycles. The topological polar surface area (TPSA) is 49.4 Å². The number of nitrogens with zero attached hydrogens (tertiary/aromatic N) is 1. The smallest absolute Gasteiger partial charge is 0.239 e. The monoisotopic (exact) mass is 342 g/mol. The van der Waals surface area contributed by atoms with Crippen LogP contribution in [0.1, 0.15) is 26.3 Å². The Kier molecular flexibility index (Phi) is 5.91. The van der Waals surface area contributed by atoms with Crippen molar-refractivity contribution in [2.24, 2.45) is 5.41 Å². The highest BCUT2D eigenvalue weighted by Gasteiger charge is 2.38. The number of benzene rings is 2. The van der Waals surface area contributed by atoms with Crippen LogP contribution in [0.4, 0.5) is 10.1 Å². The first-order valence-corrected chi connectivity index (χ1v) is 8.25. The number of nitrogens with one attached hydrogen (secondary N) is 1. The van der Waals surface area contributed by atoms with E-state index in [2.05, 4.69) is 5.32 Å². The molecule has 0 saturated heterocycles. The van der Waals surface area contributed by atoms with E-state index < -0.39 is 17.1 Å². The minimum Gasteiger partial charge on any atom is -0.338 e.